The van der Waals surface area contributed by atoms with Crippen LogP contribution in [0.2, 0.25) is 0 Å². The molecule has 0 aliphatic carbocycles. The number of aliphatic hydroxyl groups is 1. The van der Waals surface area contributed by atoms with Crippen LogP contribution < -0.4 is 16.3 Å². The Bertz CT molecular complexity index is 1630. The Labute approximate surface area is 257 Å². The van der Waals surface area contributed by atoms with Gasteiger partial charge >= 0.3 is 11.7 Å². The Kier molecular flexibility index (Phi) is 9.13. The number of carbonyl (C=O) groups excluding carboxylic acids is 1. The predicted molar refractivity (Wildman–Crippen MR) is 169 cm³/mol. The van der Waals surface area contributed by atoms with Gasteiger partial charge in [0.2, 0.25) is 0 Å². The van der Waals surface area contributed by atoms with Gasteiger partial charge in [0.15, 0.2) is 6.29 Å². The van der Waals surface area contributed by atoms with Crippen LogP contribution in [-0.2, 0) is 16.1 Å². The predicted octanol–water partition coefficient (Wildman–Crippen LogP) is 5.09. The van der Waals surface area contributed by atoms with E-state index >= 15 is 0 Å². The first kappa shape index (κ1) is 30.1. The van der Waals surface area contributed by atoms with Gasteiger partial charge in [0.05, 0.1) is 29.8 Å². The Morgan fingerprint density at radius 1 is 1.00 bits per heavy atom. The number of carbonyl (C=O) groups is 1. The fourth-order valence-corrected chi connectivity index (χ4v) is 6.48. The van der Waals surface area contributed by atoms with Gasteiger partial charge in [0, 0.05) is 49.4 Å². The van der Waals surface area contributed by atoms with Crippen molar-refractivity contribution in [2.24, 2.45) is 5.92 Å². The molecule has 1 aromatic heterocycles. The maximum atomic E-state index is 12.8. The number of aliphatic hydroxyl groups excluding tert-OH is 1. The molecule has 4 aromatic rings. The van der Waals surface area contributed by atoms with E-state index in [1.807, 2.05) is 84.3 Å². The number of hydrogen-bond donors (Lipinski definition) is 4. The zero-order valence-electron chi connectivity index (χ0n) is 25.2. The minimum Gasteiger partial charge on any atom is -0.392 e. The van der Waals surface area contributed by atoms with Crippen molar-refractivity contribution < 1.29 is 19.4 Å². The Balaban J connectivity index is 1.20. The summed E-state index contributed by atoms with van der Waals surface area (Å²) < 4.78 is 15.2. The molecule has 4 unspecified atom stereocenters. The Morgan fingerprint density at radius 3 is 2.52 bits per heavy atom. The molecule has 4 N–H and O–H groups in total. The lowest BCUT2D eigenvalue weighted by atomic mass is 9.89. The number of ether oxygens (including phenoxy) is 2. The number of imidazole rings is 1. The standard InChI is InChI=1S/C34H41N5O5/c1-3-35-33(41)36-26-8-6-7-25(19-26)32-43-30(22(2)31(44-32)24-13-11-23(21-40)12-14-24)20-38-17-15-27(16-18-38)39-29-10-5-4-9-28(29)37-34(39)42/h4-14,19,22,27,30-32,40H,3,15-18,20-21H2,1-2H3,(H,37,42)(H2,35,36,41). The van der Waals surface area contributed by atoms with Crippen LogP contribution in [0.5, 0.6) is 0 Å². The van der Waals surface area contributed by atoms with Crippen molar-refractivity contribution >= 4 is 22.8 Å². The summed E-state index contributed by atoms with van der Waals surface area (Å²) in [6.07, 6.45) is 0.777. The number of piperidine rings is 1. The van der Waals surface area contributed by atoms with Gasteiger partial charge in [-0.2, -0.15) is 0 Å². The van der Waals surface area contributed by atoms with E-state index in [4.69, 9.17) is 9.47 Å². The average Bonchev–Trinajstić information content (AvgIpc) is 3.38. The van der Waals surface area contributed by atoms with Crippen molar-refractivity contribution in [3.63, 3.8) is 0 Å². The van der Waals surface area contributed by atoms with Crippen molar-refractivity contribution in [1.29, 1.82) is 0 Å². The highest BCUT2D eigenvalue weighted by atomic mass is 16.7. The van der Waals surface area contributed by atoms with Gasteiger partial charge in [-0.1, -0.05) is 55.5 Å². The van der Waals surface area contributed by atoms with Crippen LogP contribution in [0.4, 0.5) is 10.5 Å². The molecule has 2 aliphatic rings. The van der Waals surface area contributed by atoms with Gasteiger partial charge in [-0.3, -0.25) is 4.57 Å². The second-order valence-electron chi connectivity index (χ2n) is 11.8. The number of anilines is 1. The number of fused-ring (bicyclic) bond motifs is 1. The molecule has 2 amide bonds. The van der Waals surface area contributed by atoms with Crippen molar-refractivity contribution in [3.8, 4) is 0 Å². The summed E-state index contributed by atoms with van der Waals surface area (Å²) in [5, 5.41) is 15.2. The normalized spacial score (nSPS) is 23.1. The molecule has 2 fully saturated rings. The highest BCUT2D eigenvalue weighted by Crippen LogP contribution is 2.42. The molecule has 6 rings (SSSR count). The molecule has 4 atom stereocenters. The molecular formula is C34H41N5O5. The number of nitrogens with one attached hydrogen (secondary N) is 3. The Morgan fingerprint density at radius 2 is 1.77 bits per heavy atom. The van der Waals surface area contributed by atoms with E-state index in [-0.39, 0.29) is 42.5 Å². The maximum Gasteiger partial charge on any atom is 0.326 e. The summed E-state index contributed by atoms with van der Waals surface area (Å²) in [6, 6.07) is 23.2. The summed E-state index contributed by atoms with van der Waals surface area (Å²) in [4.78, 5) is 30.4. The molecular weight excluding hydrogens is 558 g/mol. The lowest BCUT2D eigenvalue weighted by Crippen LogP contribution is -2.47. The van der Waals surface area contributed by atoms with Crippen molar-refractivity contribution in [2.75, 3.05) is 31.5 Å². The van der Waals surface area contributed by atoms with Crippen LogP contribution >= 0.6 is 0 Å². The number of H-pyrrole nitrogens is 1. The number of nitrogens with zero attached hydrogens (tertiary/aromatic N) is 2. The monoisotopic (exact) mass is 599 g/mol. The van der Waals surface area contributed by atoms with Crippen LogP contribution in [0.25, 0.3) is 11.0 Å². The average molecular weight is 600 g/mol. The summed E-state index contributed by atoms with van der Waals surface area (Å²) in [6.45, 7) is 7.01. The molecule has 3 aromatic carbocycles. The van der Waals surface area contributed by atoms with E-state index in [9.17, 15) is 14.7 Å². The van der Waals surface area contributed by atoms with Crippen molar-refractivity contribution in [3.05, 3.63) is 100.0 Å². The first-order chi connectivity index (χ1) is 21.4. The van der Waals surface area contributed by atoms with Gasteiger partial charge in [0.1, 0.15) is 0 Å². The lowest BCUT2D eigenvalue weighted by molar-refractivity contribution is -0.276. The minimum atomic E-state index is -0.628. The molecule has 0 radical (unpaired) electrons. The zero-order valence-corrected chi connectivity index (χ0v) is 25.2. The molecule has 2 saturated heterocycles. The lowest BCUT2D eigenvalue weighted by Gasteiger charge is -2.44. The number of urea groups is 1. The quantitative estimate of drug-likeness (QED) is 0.224. The summed E-state index contributed by atoms with van der Waals surface area (Å²) in [5.74, 6) is 0.0526. The van der Waals surface area contributed by atoms with Crippen LogP contribution in [0, 0.1) is 5.92 Å². The SMILES string of the molecule is CCNC(=O)Nc1cccc(C2OC(CN3CCC(n4c(=O)[nH]c5ccccc54)CC3)C(C)C(c3ccc(CO)cc3)O2)c1. The number of rotatable bonds is 8. The third kappa shape index (κ3) is 6.44. The summed E-state index contributed by atoms with van der Waals surface area (Å²) >= 11 is 0. The number of hydrogen-bond acceptors (Lipinski definition) is 6. The second-order valence-corrected chi connectivity index (χ2v) is 11.8. The van der Waals surface area contributed by atoms with Crippen LogP contribution in [0.15, 0.2) is 77.6 Å². The van der Waals surface area contributed by atoms with Crippen LogP contribution in [0.3, 0.4) is 0 Å². The Hall–Kier alpha value is -3.96. The van der Waals surface area contributed by atoms with Gasteiger partial charge in [0.25, 0.3) is 0 Å². The number of likely N-dealkylation sites (tertiary alicyclic amines) is 1. The van der Waals surface area contributed by atoms with Crippen molar-refractivity contribution in [1.82, 2.24) is 19.8 Å². The van der Waals surface area contributed by atoms with E-state index < -0.39 is 6.29 Å². The topological polar surface area (TPSA) is 121 Å². The van der Waals surface area contributed by atoms with E-state index in [0.717, 1.165) is 60.2 Å². The largest absolute Gasteiger partial charge is 0.392 e. The van der Waals surface area contributed by atoms with E-state index in [0.29, 0.717) is 12.2 Å². The molecule has 10 heteroatoms. The van der Waals surface area contributed by atoms with E-state index in [1.54, 1.807) is 0 Å². The molecule has 0 saturated carbocycles. The molecule has 10 nitrogen and oxygen atoms in total. The summed E-state index contributed by atoms with van der Waals surface area (Å²) in [5.41, 5.74) is 5.15. The zero-order chi connectivity index (χ0) is 30.6. The number of benzene rings is 3. The van der Waals surface area contributed by atoms with Gasteiger partial charge in [-0.05, 0) is 55.2 Å². The van der Waals surface area contributed by atoms with Crippen LogP contribution in [-0.4, -0.2) is 57.9 Å². The number of aromatic amines is 1. The third-order valence-electron chi connectivity index (χ3n) is 8.86. The molecule has 0 spiro atoms. The summed E-state index contributed by atoms with van der Waals surface area (Å²) in [7, 11) is 0. The molecule has 232 valence electrons. The minimum absolute atomic E-state index is 0.0122. The smallest absolute Gasteiger partial charge is 0.326 e. The highest BCUT2D eigenvalue weighted by molar-refractivity contribution is 5.89. The molecule has 44 heavy (non-hydrogen) atoms. The third-order valence-corrected chi connectivity index (χ3v) is 8.86. The van der Waals surface area contributed by atoms with Gasteiger partial charge in [-0.25, -0.2) is 9.59 Å². The van der Waals surface area contributed by atoms with E-state index in [2.05, 4.69) is 27.4 Å². The van der Waals surface area contributed by atoms with Gasteiger partial charge in [-0.15, -0.1) is 0 Å². The van der Waals surface area contributed by atoms with Crippen LogP contribution in [0.1, 0.15) is 61.8 Å². The number of amides is 2. The van der Waals surface area contributed by atoms with Gasteiger partial charge < -0.3 is 35.1 Å². The van der Waals surface area contributed by atoms with E-state index in [1.165, 1.54) is 0 Å². The number of aromatic nitrogens is 2. The molecule has 0 bridgehead atoms. The van der Waals surface area contributed by atoms with Crippen molar-refractivity contribution in [2.45, 2.75) is 57.8 Å². The number of para-hydroxylation sites is 2. The first-order valence-corrected chi connectivity index (χ1v) is 15.5. The fraction of sp³-hybridized carbons (Fsp3) is 0.412. The second kappa shape index (κ2) is 13.4. The highest BCUT2D eigenvalue weighted by Gasteiger charge is 2.39. The molecule has 2 aliphatic heterocycles. The fourth-order valence-electron chi connectivity index (χ4n) is 6.48. The maximum absolute atomic E-state index is 12.8. The molecule has 3 heterocycles. The first-order valence-electron chi connectivity index (χ1n) is 15.5.